The Labute approximate surface area is 177 Å². The molecular formula is C25H22N2O2S. The maximum absolute atomic E-state index is 12.8. The van der Waals surface area contributed by atoms with Crippen LogP contribution in [0.1, 0.15) is 11.1 Å². The highest BCUT2D eigenvalue weighted by Gasteiger charge is 2.16. The van der Waals surface area contributed by atoms with Gasteiger partial charge in [-0.25, -0.2) is 13.4 Å². The predicted molar refractivity (Wildman–Crippen MR) is 122 cm³/mol. The zero-order valence-corrected chi connectivity index (χ0v) is 17.6. The fraction of sp³-hybridized carbons (Fsp3) is 0.0800. The average molecular weight is 415 g/mol. The van der Waals surface area contributed by atoms with Crippen LogP contribution in [0, 0.1) is 13.8 Å². The molecule has 0 fully saturated rings. The highest BCUT2D eigenvalue weighted by Crippen LogP contribution is 2.29. The summed E-state index contributed by atoms with van der Waals surface area (Å²) in [6.07, 6.45) is 0. The molecule has 150 valence electrons. The van der Waals surface area contributed by atoms with Crippen LogP contribution in [0.3, 0.4) is 0 Å². The smallest absolute Gasteiger partial charge is 0.263 e. The number of aryl methyl sites for hydroxylation is 2. The second kappa shape index (κ2) is 8.13. The van der Waals surface area contributed by atoms with Crippen molar-refractivity contribution >= 4 is 15.8 Å². The van der Waals surface area contributed by atoms with E-state index in [9.17, 15) is 8.42 Å². The zero-order valence-electron chi connectivity index (χ0n) is 16.8. The van der Waals surface area contributed by atoms with Gasteiger partial charge in [0.15, 0.2) is 0 Å². The van der Waals surface area contributed by atoms with Crippen LogP contribution in [0.15, 0.2) is 95.9 Å². The fourth-order valence-electron chi connectivity index (χ4n) is 3.16. The summed E-state index contributed by atoms with van der Waals surface area (Å²) in [6, 6.07) is 28.2. The number of hydrogen-bond donors (Lipinski definition) is 1. The van der Waals surface area contributed by atoms with E-state index < -0.39 is 10.0 Å². The van der Waals surface area contributed by atoms with Gasteiger partial charge in [0.1, 0.15) is 5.82 Å². The van der Waals surface area contributed by atoms with Crippen LogP contribution in [0.2, 0.25) is 0 Å². The minimum absolute atomic E-state index is 0.199. The molecule has 0 radical (unpaired) electrons. The molecule has 0 bridgehead atoms. The summed E-state index contributed by atoms with van der Waals surface area (Å²) < 4.78 is 28.3. The first-order valence-electron chi connectivity index (χ1n) is 9.65. The molecule has 0 saturated carbocycles. The molecule has 0 aliphatic rings. The molecule has 1 N–H and O–H groups in total. The molecule has 0 atom stereocenters. The van der Waals surface area contributed by atoms with Gasteiger partial charge in [0.25, 0.3) is 10.0 Å². The Hall–Kier alpha value is -3.44. The van der Waals surface area contributed by atoms with E-state index in [0.717, 1.165) is 27.8 Å². The number of sulfonamides is 1. The lowest BCUT2D eigenvalue weighted by Gasteiger charge is -2.12. The standard InChI is InChI=1S/C25H22N2O2S/c1-18-8-12-20(13-9-18)22-16-24(21-14-10-19(2)11-15-21)26-25(17-22)27-30(28,29)23-6-4-3-5-7-23/h3-17H,1-2H3,(H,26,27). The molecular weight excluding hydrogens is 392 g/mol. The molecule has 3 aromatic carbocycles. The molecule has 0 amide bonds. The highest BCUT2D eigenvalue weighted by molar-refractivity contribution is 7.92. The van der Waals surface area contributed by atoms with Crippen molar-refractivity contribution in [2.45, 2.75) is 18.7 Å². The summed E-state index contributed by atoms with van der Waals surface area (Å²) >= 11 is 0. The van der Waals surface area contributed by atoms with Crippen molar-refractivity contribution in [2.75, 3.05) is 4.72 Å². The Kier molecular flexibility index (Phi) is 5.38. The first kappa shape index (κ1) is 19.9. The van der Waals surface area contributed by atoms with Crippen molar-refractivity contribution in [1.82, 2.24) is 4.98 Å². The van der Waals surface area contributed by atoms with Crippen LogP contribution in [-0.2, 0) is 10.0 Å². The predicted octanol–water partition coefficient (Wildman–Crippen LogP) is 5.83. The summed E-state index contributed by atoms with van der Waals surface area (Å²) in [7, 11) is -3.74. The number of hydrogen-bond acceptors (Lipinski definition) is 3. The Morgan fingerprint density at radius 2 is 1.23 bits per heavy atom. The number of anilines is 1. The minimum atomic E-state index is -3.74. The molecule has 1 aromatic heterocycles. The molecule has 5 heteroatoms. The maximum atomic E-state index is 12.8. The third-order valence-corrected chi connectivity index (χ3v) is 6.22. The van der Waals surface area contributed by atoms with Gasteiger partial charge >= 0.3 is 0 Å². The van der Waals surface area contributed by atoms with E-state index in [1.165, 1.54) is 0 Å². The lowest BCUT2D eigenvalue weighted by atomic mass is 10.0. The molecule has 0 aliphatic carbocycles. The lowest BCUT2D eigenvalue weighted by molar-refractivity contribution is 0.601. The SMILES string of the molecule is Cc1ccc(-c2cc(NS(=O)(=O)c3ccccc3)nc(-c3ccc(C)cc3)c2)cc1. The molecule has 0 spiro atoms. The third kappa shape index (κ3) is 4.42. The van der Waals surface area contributed by atoms with E-state index in [1.807, 2.05) is 68.4 Å². The molecule has 4 aromatic rings. The van der Waals surface area contributed by atoms with E-state index in [2.05, 4.69) is 9.71 Å². The summed E-state index contributed by atoms with van der Waals surface area (Å²) in [5, 5.41) is 0. The van der Waals surface area contributed by atoms with Gasteiger partial charge < -0.3 is 0 Å². The molecule has 1 heterocycles. The van der Waals surface area contributed by atoms with Crippen molar-refractivity contribution in [2.24, 2.45) is 0 Å². The van der Waals surface area contributed by atoms with E-state index in [0.29, 0.717) is 5.69 Å². The van der Waals surface area contributed by atoms with Gasteiger partial charge in [-0.1, -0.05) is 77.9 Å². The number of benzene rings is 3. The Bertz CT molecular complexity index is 1200. The van der Waals surface area contributed by atoms with Crippen LogP contribution < -0.4 is 4.72 Å². The summed E-state index contributed by atoms with van der Waals surface area (Å²) in [4.78, 5) is 4.80. The van der Waals surface area contributed by atoms with E-state index in [4.69, 9.17) is 0 Å². The number of aromatic nitrogens is 1. The van der Waals surface area contributed by atoms with Gasteiger partial charge in [-0.05, 0) is 49.2 Å². The van der Waals surface area contributed by atoms with Crippen molar-refractivity contribution in [3.63, 3.8) is 0 Å². The van der Waals surface area contributed by atoms with Gasteiger partial charge in [0.05, 0.1) is 10.6 Å². The Morgan fingerprint density at radius 3 is 1.83 bits per heavy atom. The van der Waals surface area contributed by atoms with Crippen LogP contribution >= 0.6 is 0 Å². The number of pyridine rings is 1. The van der Waals surface area contributed by atoms with Crippen LogP contribution in [0.4, 0.5) is 5.82 Å². The van der Waals surface area contributed by atoms with Crippen LogP contribution in [-0.4, -0.2) is 13.4 Å². The van der Waals surface area contributed by atoms with Gasteiger partial charge in [-0.2, -0.15) is 0 Å². The molecule has 4 nitrogen and oxygen atoms in total. The second-order valence-corrected chi connectivity index (χ2v) is 8.96. The average Bonchev–Trinajstić information content (AvgIpc) is 2.75. The normalized spacial score (nSPS) is 11.3. The minimum Gasteiger partial charge on any atom is -0.263 e. The Morgan fingerprint density at radius 1 is 0.667 bits per heavy atom. The molecule has 0 aliphatic heterocycles. The zero-order chi connectivity index (χ0) is 21.1. The molecule has 4 rings (SSSR count). The molecule has 0 saturated heterocycles. The van der Waals surface area contributed by atoms with Crippen LogP contribution in [0.5, 0.6) is 0 Å². The highest BCUT2D eigenvalue weighted by atomic mass is 32.2. The van der Waals surface area contributed by atoms with Gasteiger partial charge in [-0.15, -0.1) is 0 Å². The van der Waals surface area contributed by atoms with E-state index in [-0.39, 0.29) is 10.7 Å². The van der Waals surface area contributed by atoms with Crippen molar-refractivity contribution in [1.29, 1.82) is 0 Å². The quantitative estimate of drug-likeness (QED) is 0.447. The summed E-state index contributed by atoms with van der Waals surface area (Å²) in [6.45, 7) is 4.06. The summed E-state index contributed by atoms with van der Waals surface area (Å²) in [5.74, 6) is 0.285. The first-order chi connectivity index (χ1) is 14.4. The van der Waals surface area contributed by atoms with Crippen LogP contribution in [0.25, 0.3) is 22.4 Å². The van der Waals surface area contributed by atoms with Crippen molar-refractivity contribution in [3.05, 3.63) is 102 Å². The molecule has 0 unspecified atom stereocenters. The summed E-state index contributed by atoms with van der Waals surface area (Å²) in [5.41, 5.74) is 5.84. The fourth-order valence-corrected chi connectivity index (χ4v) is 4.18. The number of nitrogens with zero attached hydrogens (tertiary/aromatic N) is 1. The van der Waals surface area contributed by atoms with Gasteiger partial charge in [0.2, 0.25) is 0 Å². The lowest BCUT2D eigenvalue weighted by Crippen LogP contribution is -2.14. The van der Waals surface area contributed by atoms with Crippen molar-refractivity contribution < 1.29 is 8.42 Å². The van der Waals surface area contributed by atoms with Crippen molar-refractivity contribution in [3.8, 4) is 22.4 Å². The molecule has 30 heavy (non-hydrogen) atoms. The first-order valence-corrected chi connectivity index (χ1v) is 11.1. The topological polar surface area (TPSA) is 59.1 Å². The second-order valence-electron chi connectivity index (χ2n) is 7.28. The maximum Gasteiger partial charge on any atom is 0.263 e. The van der Waals surface area contributed by atoms with Gasteiger partial charge in [-0.3, -0.25) is 4.72 Å². The number of nitrogens with one attached hydrogen (secondary N) is 1. The van der Waals surface area contributed by atoms with Gasteiger partial charge in [0, 0.05) is 5.56 Å². The van der Waals surface area contributed by atoms with E-state index >= 15 is 0 Å². The number of rotatable bonds is 5. The Balaban J connectivity index is 1.81. The largest absolute Gasteiger partial charge is 0.263 e. The van der Waals surface area contributed by atoms with E-state index in [1.54, 1.807) is 36.4 Å². The third-order valence-electron chi connectivity index (χ3n) is 4.85. The monoisotopic (exact) mass is 414 g/mol.